The number of hydrogen-bond acceptors (Lipinski definition) is 2. The largest absolute Gasteiger partial charge is 0.369 e. The Morgan fingerprint density at radius 3 is 2.68 bits per heavy atom. The van der Waals surface area contributed by atoms with E-state index in [2.05, 4.69) is 12.2 Å². The third kappa shape index (κ3) is 3.41. The van der Waals surface area contributed by atoms with Crippen LogP contribution in [-0.2, 0) is 0 Å². The normalized spacial score (nSPS) is 25.0. The van der Waals surface area contributed by atoms with Crippen LogP contribution in [-0.4, -0.2) is 25.7 Å². The first-order chi connectivity index (χ1) is 8.97. The predicted octanol–water partition coefficient (Wildman–Crippen LogP) is 2.93. The minimum absolute atomic E-state index is 0.0263. The van der Waals surface area contributed by atoms with Crippen molar-refractivity contribution in [3.8, 4) is 0 Å². The van der Waals surface area contributed by atoms with Crippen LogP contribution in [0.4, 0.5) is 18.9 Å². The van der Waals surface area contributed by atoms with Crippen molar-refractivity contribution < 1.29 is 13.2 Å². The van der Waals surface area contributed by atoms with Gasteiger partial charge in [0.15, 0.2) is 11.6 Å². The first-order valence-corrected chi connectivity index (χ1v) is 6.60. The highest BCUT2D eigenvalue weighted by atomic mass is 19.2. The number of rotatable bonds is 1. The molecule has 1 saturated heterocycles. The summed E-state index contributed by atoms with van der Waals surface area (Å²) in [5.74, 6) is -2.55. The molecule has 0 amide bonds. The zero-order valence-electron chi connectivity index (χ0n) is 11.2. The number of halogens is 3. The lowest BCUT2D eigenvalue weighted by Crippen LogP contribution is -2.43. The quantitative estimate of drug-likeness (QED) is 0.791. The van der Waals surface area contributed by atoms with Crippen LogP contribution in [0.5, 0.6) is 0 Å². The lowest BCUT2D eigenvalue weighted by atomic mass is 10.1. The Hall–Kier alpha value is -1.23. The summed E-state index contributed by atoms with van der Waals surface area (Å²) in [7, 11) is 0. The van der Waals surface area contributed by atoms with Crippen LogP contribution in [0, 0.1) is 23.4 Å². The van der Waals surface area contributed by atoms with Crippen molar-refractivity contribution in [2.75, 3.05) is 24.5 Å². The maximum absolute atomic E-state index is 13.8. The van der Waals surface area contributed by atoms with E-state index in [4.69, 9.17) is 0 Å². The Morgan fingerprint density at radius 1 is 1.21 bits per heavy atom. The zero-order chi connectivity index (χ0) is 14.0. The molecule has 0 aliphatic carbocycles. The average Bonchev–Trinajstić information content (AvgIpc) is 2.34. The van der Waals surface area contributed by atoms with Crippen molar-refractivity contribution in [1.82, 2.24) is 5.32 Å². The van der Waals surface area contributed by atoms with Crippen LogP contribution in [0.2, 0.25) is 0 Å². The summed E-state index contributed by atoms with van der Waals surface area (Å²) in [6, 6.07) is 1.97. The Bertz CT molecular complexity index is 451. The average molecular weight is 272 g/mol. The van der Waals surface area contributed by atoms with Crippen LogP contribution in [0.1, 0.15) is 20.3 Å². The van der Waals surface area contributed by atoms with Gasteiger partial charge in [-0.05, 0) is 25.8 Å². The molecule has 2 nitrogen and oxygen atoms in total. The molecule has 2 rings (SSSR count). The van der Waals surface area contributed by atoms with Crippen LogP contribution in [0.25, 0.3) is 0 Å². The highest BCUT2D eigenvalue weighted by molar-refractivity contribution is 5.48. The number of hydrogen-bond donors (Lipinski definition) is 1. The molecule has 0 aromatic heterocycles. The van der Waals surface area contributed by atoms with E-state index in [-0.39, 0.29) is 11.6 Å². The van der Waals surface area contributed by atoms with Gasteiger partial charge in [-0.3, -0.25) is 0 Å². The van der Waals surface area contributed by atoms with Gasteiger partial charge in [0.25, 0.3) is 0 Å². The van der Waals surface area contributed by atoms with E-state index in [1.165, 1.54) is 0 Å². The molecule has 0 bridgehead atoms. The smallest absolute Gasteiger partial charge is 0.182 e. The lowest BCUT2D eigenvalue weighted by Gasteiger charge is -2.33. The van der Waals surface area contributed by atoms with Gasteiger partial charge in [0.1, 0.15) is 5.82 Å². The zero-order valence-corrected chi connectivity index (χ0v) is 11.2. The first kappa shape index (κ1) is 14.2. The monoisotopic (exact) mass is 272 g/mol. The van der Waals surface area contributed by atoms with Crippen molar-refractivity contribution in [2.24, 2.45) is 5.92 Å². The fourth-order valence-electron chi connectivity index (χ4n) is 2.38. The van der Waals surface area contributed by atoms with E-state index in [1.54, 1.807) is 4.90 Å². The van der Waals surface area contributed by atoms with Gasteiger partial charge in [-0.1, -0.05) is 6.92 Å². The SMILES string of the molecule is CC1CNC(C)CCN(c2cc(F)cc(F)c2F)C1. The van der Waals surface area contributed by atoms with E-state index in [1.807, 2.05) is 6.92 Å². The van der Waals surface area contributed by atoms with Crippen molar-refractivity contribution in [3.63, 3.8) is 0 Å². The summed E-state index contributed by atoms with van der Waals surface area (Å²) in [6.07, 6.45) is 0.810. The Labute approximate surface area is 111 Å². The minimum atomic E-state index is -1.13. The van der Waals surface area contributed by atoms with E-state index in [0.717, 1.165) is 19.0 Å². The number of benzene rings is 1. The standard InChI is InChI=1S/C14H19F3N2/c1-9-7-18-10(2)3-4-19(8-9)13-6-11(15)5-12(16)14(13)17/h5-6,9-10,18H,3-4,7-8H2,1-2H3. The molecule has 1 aromatic carbocycles. The maximum atomic E-state index is 13.8. The van der Waals surface area contributed by atoms with Gasteiger partial charge in [-0.25, -0.2) is 13.2 Å². The summed E-state index contributed by atoms with van der Waals surface area (Å²) in [5, 5.41) is 3.38. The summed E-state index contributed by atoms with van der Waals surface area (Å²) in [5.41, 5.74) is 0.0263. The second-order valence-electron chi connectivity index (χ2n) is 5.37. The molecule has 106 valence electrons. The second kappa shape index (κ2) is 5.82. The topological polar surface area (TPSA) is 15.3 Å². The Morgan fingerprint density at radius 2 is 1.95 bits per heavy atom. The Kier molecular flexibility index (Phi) is 4.34. The van der Waals surface area contributed by atoms with E-state index >= 15 is 0 Å². The number of anilines is 1. The maximum Gasteiger partial charge on any atom is 0.182 e. The third-order valence-electron chi connectivity index (χ3n) is 3.49. The van der Waals surface area contributed by atoms with Crippen molar-refractivity contribution in [1.29, 1.82) is 0 Å². The second-order valence-corrected chi connectivity index (χ2v) is 5.37. The molecule has 1 heterocycles. The van der Waals surface area contributed by atoms with Gasteiger partial charge >= 0.3 is 0 Å². The van der Waals surface area contributed by atoms with Gasteiger partial charge in [0, 0.05) is 31.3 Å². The molecule has 5 heteroatoms. The highest BCUT2D eigenvalue weighted by Crippen LogP contribution is 2.25. The fraction of sp³-hybridized carbons (Fsp3) is 0.571. The fourth-order valence-corrected chi connectivity index (χ4v) is 2.38. The molecule has 1 N–H and O–H groups in total. The predicted molar refractivity (Wildman–Crippen MR) is 69.8 cm³/mol. The highest BCUT2D eigenvalue weighted by Gasteiger charge is 2.21. The lowest BCUT2D eigenvalue weighted by molar-refractivity contribution is 0.406. The number of nitrogens with zero attached hydrogens (tertiary/aromatic N) is 1. The van der Waals surface area contributed by atoms with Gasteiger partial charge in [0.05, 0.1) is 5.69 Å². The van der Waals surface area contributed by atoms with Crippen LogP contribution >= 0.6 is 0 Å². The van der Waals surface area contributed by atoms with Gasteiger partial charge in [-0.2, -0.15) is 0 Å². The van der Waals surface area contributed by atoms with E-state index in [9.17, 15) is 13.2 Å². The first-order valence-electron chi connectivity index (χ1n) is 6.60. The molecule has 1 aromatic rings. The summed E-state index contributed by atoms with van der Waals surface area (Å²) >= 11 is 0. The molecule has 0 radical (unpaired) electrons. The van der Waals surface area contributed by atoms with Crippen LogP contribution in [0.15, 0.2) is 12.1 Å². The molecular weight excluding hydrogens is 253 g/mol. The van der Waals surface area contributed by atoms with E-state index in [0.29, 0.717) is 25.2 Å². The van der Waals surface area contributed by atoms with Crippen molar-refractivity contribution in [3.05, 3.63) is 29.6 Å². The van der Waals surface area contributed by atoms with Gasteiger partial charge in [-0.15, -0.1) is 0 Å². The molecule has 1 aliphatic rings. The van der Waals surface area contributed by atoms with Crippen molar-refractivity contribution in [2.45, 2.75) is 26.3 Å². The molecule has 1 aliphatic heterocycles. The third-order valence-corrected chi connectivity index (χ3v) is 3.49. The summed E-state index contributed by atoms with van der Waals surface area (Å²) < 4.78 is 40.4. The van der Waals surface area contributed by atoms with Crippen LogP contribution < -0.4 is 10.2 Å². The van der Waals surface area contributed by atoms with Gasteiger partial charge < -0.3 is 10.2 Å². The molecule has 2 atom stereocenters. The number of nitrogens with one attached hydrogen (secondary N) is 1. The Balaban J connectivity index is 2.28. The molecule has 0 spiro atoms. The van der Waals surface area contributed by atoms with Gasteiger partial charge in [0.2, 0.25) is 0 Å². The van der Waals surface area contributed by atoms with Crippen molar-refractivity contribution >= 4 is 5.69 Å². The molecule has 19 heavy (non-hydrogen) atoms. The molecular formula is C14H19F3N2. The minimum Gasteiger partial charge on any atom is -0.369 e. The summed E-state index contributed by atoms with van der Waals surface area (Å²) in [4.78, 5) is 1.74. The van der Waals surface area contributed by atoms with E-state index < -0.39 is 17.5 Å². The molecule has 0 saturated carbocycles. The summed E-state index contributed by atoms with van der Waals surface area (Å²) in [6.45, 7) is 6.07. The molecule has 2 unspecified atom stereocenters. The van der Waals surface area contributed by atoms with Crippen LogP contribution in [0.3, 0.4) is 0 Å². The molecule has 1 fully saturated rings.